The van der Waals surface area contributed by atoms with Gasteiger partial charge in [0.1, 0.15) is 12.1 Å². The van der Waals surface area contributed by atoms with Crippen molar-refractivity contribution in [2.75, 3.05) is 13.1 Å². The van der Waals surface area contributed by atoms with Crippen LogP contribution in [0, 0.1) is 5.92 Å². The molecule has 2 atom stereocenters. The number of amides is 4. The van der Waals surface area contributed by atoms with Gasteiger partial charge in [0.05, 0.1) is 0 Å². The third-order valence-electron chi connectivity index (χ3n) is 6.71. The minimum atomic E-state index is -0.841. The number of urea groups is 1. The number of hydrogen-bond acceptors (Lipinski definition) is 3. The normalized spacial score (nSPS) is 23.3. The molecule has 6 nitrogen and oxygen atoms in total. The van der Waals surface area contributed by atoms with Gasteiger partial charge in [0.25, 0.3) is 5.91 Å². The Bertz CT molecular complexity index is 907. The molecule has 0 radical (unpaired) electrons. The van der Waals surface area contributed by atoms with Crippen molar-refractivity contribution in [3.05, 3.63) is 71.8 Å². The molecule has 2 fully saturated rings. The van der Waals surface area contributed by atoms with E-state index >= 15 is 0 Å². The number of nitrogens with zero attached hydrogens (tertiary/aromatic N) is 1. The highest BCUT2D eigenvalue weighted by Crippen LogP contribution is 2.38. The number of rotatable bonds is 6. The topological polar surface area (TPSA) is 78.5 Å². The van der Waals surface area contributed by atoms with Crippen molar-refractivity contribution >= 4 is 17.8 Å². The molecule has 1 saturated heterocycles. The SMILES string of the molecule is CC1CCCCC12NC(=O)N(CC(=O)NCC(c1ccccc1)c1ccccc1)C2=O. The summed E-state index contributed by atoms with van der Waals surface area (Å²) in [6.07, 6.45) is 3.52. The zero-order valence-corrected chi connectivity index (χ0v) is 17.8. The molecule has 31 heavy (non-hydrogen) atoms. The van der Waals surface area contributed by atoms with Gasteiger partial charge in [-0.2, -0.15) is 0 Å². The van der Waals surface area contributed by atoms with E-state index < -0.39 is 11.6 Å². The van der Waals surface area contributed by atoms with Crippen molar-refractivity contribution in [1.29, 1.82) is 0 Å². The maximum atomic E-state index is 13.1. The summed E-state index contributed by atoms with van der Waals surface area (Å²) >= 11 is 0. The molecule has 1 saturated carbocycles. The number of nitrogens with one attached hydrogen (secondary N) is 2. The summed E-state index contributed by atoms with van der Waals surface area (Å²) < 4.78 is 0. The van der Waals surface area contributed by atoms with Crippen LogP contribution in [0.2, 0.25) is 0 Å². The third kappa shape index (κ3) is 4.20. The lowest BCUT2D eigenvalue weighted by Crippen LogP contribution is -2.54. The maximum absolute atomic E-state index is 13.1. The largest absolute Gasteiger partial charge is 0.354 e. The lowest BCUT2D eigenvalue weighted by molar-refractivity contribution is -0.137. The fourth-order valence-electron chi connectivity index (χ4n) is 4.85. The van der Waals surface area contributed by atoms with E-state index in [1.807, 2.05) is 67.6 Å². The molecule has 4 rings (SSSR count). The Morgan fingerprint density at radius 2 is 1.68 bits per heavy atom. The molecule has 0 bridgehead atoms. The number of carbonyl (C=O) groups is 3. The summed E-state index contributed by atoms with van der Waals surface area (Å²) in [5.74, 6) is -0.533. The zero-order chi connectivity index (χ0) is 21.8. The van der Waals surface area contributed by atoms with E-state index in [9.17, 15) is 14.4 Å². The first-order valence-electron chi connectivity index (χ1n) is 11.0. The van der Waals surface area contributed by atoms with Gasteiger partial charge in [-0.15, -0.1) is 0 Å². The van der Waals surface area contributed by atoms with Crippen LogP contribution in [0.25, 0.3) is 0 Å². The monoisotopic (exact) mass is 419 g/mol. The van der Waals surface area contributed by atoms with Crippen LogP contribution in [0.5, 0.6) is 0 Å². The van der Waals surface area contributed by atoms with Crippen LogP contribution in [0.4, 0.5) is 4.79 Å². The van der Waals surface area contributed by atoms with E-state index in [0.29, 0.717) is 13.0 Å². The Hall–Kier alpha value is -3.15. The van der Waals surface area contributed by atoms with Crippen molar-refractivity contribution in [1.82, 2.24) is 15.5 Å². The van der Waals surface area contributed by atoms with E-state index in [1.54, 1.807) is 0 Å². The first-order valence-corrected chi connectivity index (χ1v) is 11.0. The van der Waals surface area contributed by atoms with Gasteiger partial charge in [0.15, 0.2) is 0 Å². The number of benzene rings is 2. The van der Waals surface area contributed by atoms with Crippen LogP contribution in [0.3, 0.4) is 0 Å². The average Bonchev–Trinajstić information content (AvgIpc) is 3.02. The standard InChI is InChI=1S/C25H29N3O3/c1-18-10-8-9-15-25(18)23(30)28(24(31)27-25)17-22(29)26-16-21(19-11-4-2-5-12-19)20-13-6-3-7-14-20/h2-7,11-14,18,21H,8-10,15-17H2,1H3,(H,26,29)(H,27,31). The van der Waals surface area contributed by atoms with Crippen molar-refractivity contribution in [3.63, 3.8) is 0 Å². The Morgan fingerprint density at radius 1 is 1.06 bits per heavy atom. The van der Waals surface area contributed by atoms with Crippen molar-refractivity contribution in [2.24, 2.45) is 5.92 Å². The second kappa shape index (κ2) is 8.92. The number of imide groups is 1. The first kappa shape index (κ1) is 21.1. The molecule has 2 aromatic rings. The lowest BCUT2D eigenvalue weighted by atomic mass is 9.73. The van der Waals surface area contributed by atoms with Crippen LogP contribution >= 0.6 is 0 Å². The molecule has 1 aliphatic heterocycles. The minimum Gasteiger partial charge on any atom is -0.354 e. The van der Waals surface area contributed by atoms with Gasteiger partial charge in [0.2, 0.25) is 5.91 Å². The van der Waals surface area contributed by atoms with Crippen LogP contribution in [0.15, 0.2) is 60.7 Å². The van der Waals surface area contributed by atoms with E-state index in [-0.39, 0.29) is 30.2 Å². The van der Waals surface area contributed by atoms with Gasteiger partial charge in [-0.1, -0.05) is 80.4 Å². The van der Waals surface area contributed by atoms with Crippen molar-refractivity contribution in [3.8, 4) is 0 Å². The highest BCUT2D eigenvalue weighted by molar-refractivity contribution is 6.09. The summed E-state index contributed by atoms with van der Waals surface area (Å²) in [5, 5.41) is 5.84. The maximum Gasteiger partial charge on any atom is 0.325 e. The molecule has 6 heteroatoms. The van der Waals surface area contributed by atoms with E-state index in [2.05, 4.69) is 10.6 Å². The molecular formula is C25H29N3O3. The molecule has 1 spiro atoms. The molecule has 0 aromatic heterocycles. The predicted octanol–water partition coefficient (Wildman–Crippen LogP) is 3.44. The van der Waals surface area contributed by atoms with Crippen molar-refractivity contribution in [2.45, 2.75) is 44.1 Å². The van der Waals surface area contributed by atoms with E-state index in [4.69, 9.17) is 0 Å². The van der Waals surface area contributed by atoms with Gasteiger partial charge in [-0.3, -0.25) is 14.5 Å². The summed E-state index contributed by atoms with van der Waals surface area (Å²) in [6.45, 7) is 2.14. The number of carbonyl (C=O) groups excluding carboxylic acids is 3. The molecule has 162 valence electrons. The van der Waals surface area contributed by atoms with Crippen molar-refractivity contribution < 1.29 is 14.4 Å². The summed E-state index contributed by atoms with van der Waals surface area (Å²) in [7, 11) is 0. The van der Waals surface area contributed by atoms with Gasteiger partial charge >= 0.3 is 6.03 Å². The molecule has 2 aromatic carbocycles. The fourth-order valence-corrected chi connectivity index (χ4v) is 4.85. The van der Waals surface area contributed by atoms with Gasteiger partial charge < -0.3 is 10.6 Å². The fraction of sp³-hybridized carbons (Fsp3) is 0.400. The van der Waals surface area contributed by atoms with Crippen LogP contribution in [-0.4, -0.2) is 41.4 Å². The molecule has 1 heterocycles. The second-order valence-electron chi connectivity index (χ2n) is 8.62. The first-order chi connectivity index (χ1) is 15.0. The Labute approximate surface area is 183 Å². The van der Waals surface area contributed by atoms with Crippen LogP contribution < -0.4 is 10.6 Å². The molecular weight excluding hydrogens is 390 g/mol. The zero-order valence-electron chi connectivity index (χ0n) is 17.8. The van der Waals surface area contributed by atoms with E-state index in [1.165, 1.54) is 0 Å². The highest BCUT2D eigenvalue weighted by atomic mass is 16.2. The summed E-state index contributed by atoms with van der Waals surface area (Å²) in [5.41, 5.74) is 1.35. The smallest absolute Gasteiger partial charge is 0.325 e. The number of hydrogen-bond donors (Lipinski definition) is 2. The van der Waals surface area contributed by atoms with Gasteiger partial charge in [-0.25, -0.2) is 4.79 Å². The highest BCUT2D eigenvalue weighted by Gasteiger charge is 2.55. The molecule has 2 aliphatic rings. The molecule has 1 aliphatic carbocycles. The molecule has 2 N–H and O–H groups in total. The summed E-state index contributed by atoms with van der Waals surface area (Å²) in [6, 6.07) is 19.5. The van der Waals surface area contributed by atoms with Crippen LogP contribution in [-0.2, 0) is 9.59 Å². The van der Waals surface area contributed by atoms with Gasteiger partial charge in [0, 0.05) is 12.5 Å². The lowest BCUT2D eigenvalue weighted by Gasteiger charge is -2.36. The Balaban J connectivity index is 1.43. The Morgan fingerprint density at radius 3 is 2.26 bits per heavy atom. The Kier molecular flexibility index (Phi) is 6.07. The minimum absolute atomic E-state index is 0.0147. The van der Waals surface area contributed by atoms with E-state index in [0.717, 1.165) is 35.3 Å². The summed E-state index contributed by atoms with van der Waals surface area (Å²) in [4.78, 5) is 39.4. The predicted molar refractivity (Wildman–Crippen MR) is 118 cm³/mol. The third-order valence-corrected chi connectivity index (χ3v) is 6.71. The quantitative estimate of drug-likeness (QED) is 0.704. The second-order valence-corrected chi connectivity index (χ2v) is 8.62. The average molecular weight is 420 g/mol. The molecule has 4 amide bonds. The van der Waals surface area contributed by atoms with Crippen LogP contribution in [0.1, 0.15) is 49.7 Å². The molecule has 2 unspecified atom stereocenters. The van der Waals surface area contributed by atoms with Gasteiger partial charge in [-0.05, 0) is 29.9 Å².